The van der Waals surface area contributed by atoms with E-state index < -0.39 is 35.8 Å². The van der Waals surface area contributed by atoms with Gasteiger partial charge in [-0.3, -0.25) is 9.69 Å². The molecule has 2 bridgehead atoms. The molecule has 3 aliphatic heterocycles. The number of nitrogens with one attached hydrogen (secondary N) is 1. The summed E-state index contributed by atoms with van der Waals surface area (Å²) < 4.78 is 55.6. The first kappa shape index (κ1) is 24.0. The van der Waals surface area contributed by atoms with Crippen LogP contribution in [0.3, 0.4) is 0 Å². The fraction of sp³-hybridized carbons (Fsp3) is 0.600. The van der Waals surface area contributed by atoms with Crippen LogP contribution in [0.5, 0.6) is 0 Å². The number of fused-ring (bicyclic) bond motifs is 5. The average Bonchev–Trinajstić information content (AvgIpc) is 3.02. The second-order valence-electron chi connectivity index (χ2n) is 10.8. The summed E-state index contributed by atoms with van der Waals surface area (Å²) in [6.45, 7) is 6.12. The number of alkyl halides is 2. The molecule has 1 aromatic heterocycles. The fourth-order valence-corrected chi connectivity index (χ4v) is 5.58. The van der Waals surface area contributed by atoms with E-state index in [0.717, 1.165) is 0 Å². The molecule has 1 aromatic carbocycles. The molecule has 2 fully saturated rings. The van der Waals surface area contributed by atoms with Crippen LogP contribution < -0.4 is 5.32 Å². The SMILES string of the molecule is CC(C)(C)OC(=O)N1C2COCC1CC(NC(=O)c1c3n(c4ccc(F)cc14)CCC(F)(F)C3)C2. The lowest BCUT2D eigenvalue weighted by Gasteiger charge is -2.48. The standard InChI is InChI=1S/C25H30F3N3O4/c1-24(2,3)35-23(33)31-16-9-15(10-17(31)13-34-12-16)29-22(32)21-18-8-14(26)4-5-19(18)30-7-6-25(27,28)11-20(21)30/h4-5,8,15-17H,6-7,9-13H2,1-3H3,(H,29,32). The number of rotatable bonds is 2. The van der Waals surface area contributed by atoms with E-state index in [-0.39, 0.29) is 42.3 Å². The molecule has 10 heteroatoms. The van der Waals surface area contributed by atoms with Crippen molar-refractivity contribution in [1.29, 1.82) is 0 Å². The van der Waals surface area contributed by atoms with E-state index in [1.165, 1.54) is 18.2 Å². The van der Waals surface area contributed by atoms with Gasteiger partial charge in [-0.15, -0.1) is 0 Å². The van der Waals surface area contributed by atoms with Crippen LogP contribution in [0.25, 0.3) is 10.9 Å². The summed E-state index contributed by atoms with van der Waals surface area (Å²) in [5, 5.41) is 3.33. The summed E-state index contributed by atoms with van der Waals surface area (Å²) in [6.07, 6.45) is -0.414. The van der Waals surface area contributed by atoms with E-state index in [4.69, 9.17) is 9.47 Å². The Labute approximate surface area is 201 Å². The van der Waals surface area contributed by atoms with Crippen LogP contribution in [-0.4, -0.2) is 64.3 Å². The van der Waals surface area contributed by atoms with Gasteiger partial charge in [0, 0.05) is 35.6 Å². The van der Waals surface area contributed by atoms with Crippen molar-refractivity contribution < 1.29 is 32.2 Å². The molecule has 0 saturated carbocycles. The minimum absolute atomic E-state index is 0.0630. The Kier molecular flexibility index (Phi) is 5.77. The number of hydrogen-bond donors (Lipinski definition) is 1. The van der Waals surface area contributed by atoms with Gasteiger partial charge in [-0.1, -0.05) is 0 Å². The number of halogens is 3. The largest absolute Gasteiger partial charge is 0.444 e. The van der Waals surface area contributed by atoms with Gasteiger partial charge in [0.1, 0.15) is 11.4 Å². The number of carbonyl (C=O) groups excluding carboxylic acids is 2. The third-order valence-electron chi connectivity index (χ3n) is 6.95. The number of benzene rings is 1. The minimum atomic E-state index is -2.93. The zero-order valence-electron chi connectivity index (χ0n) is 20.1. The number of hydrogen-bond acceptors (Lipinski definition) is 4. The first-order valence-electron chi connectivity index (χ1n) is 12.0. The maximum atomic E-state index is 14.3. The third kappa shape index (κ3) is 4.60. The van der Waals surface area contributed by atoms with Crippen LogP contribution in [0.2, 0.25) is 0 Å². The number of morpholine rings is 1. The van der Waals surface area contributed by atoms with Crippen molar-refractivity contribution in [1.82, 2.24) is 14.8 Å². The van der Waals surface area contributed by atoms with Crippen molar-refractivity contribution in [2.45, 2.75) is 82.6 Å². The van der Waals surface area contributed by atoms with Gasteiger partial charge in [0.05, 0.1) is 37.3 Å². The van der Waals surface area contributed by atoms with Gasteiger partial charge < -0.3 is 19.4 Å². The smallest absolute Gasteiger partial charge is 0.410 e. The second kappa shape index (κ2) is 8.43. The second-order valence-corrected chi connectivity index (χ2v) is 10.8. The van der Waals surface area contributed by atoms with Crippen molar-refractivity contribution in [2.24, 2.45) is 0 Å². The highest BCUT2D eigenvalue weighted by molar-refractivity contribution is 6.08. The van der Waals surface area contributed by atoms with Crippen LogP contribution in [0.15, 0.2) is 18.2 Å². The maximum Gasteiger partial charge on any atom is 0.410 e. The number of amides is 2. The van der Waals surface area contributed by atoms with Crippen molar-refractivity contribution in [3.8, 4) is 0 Å². The van der Waals surface area contributed by atoms with Crippen LogP contribution in [-0.2, 0) is 22.4 Å². The molecule has 0 aliphatic carbocycles. The van der Waals surface area contributed by atoms with E-state index in [0.29, 0.717) is 37.0 Å². The zero-order chi connectivity index (χ0) is 25.1. The zero-order valence-corrected chi connectivity index (χ0v) is 20.1. The van der Waals surface area contributed by atoms with Crippen LogP contribution in [0, 0.1) is 5.82 Å². The molecule has 7 nitrogen and oxygen atoms in total. The number of nitrogens with zero attached hydrogens (tertiary/aromatic N) is 2. The van der Waals surface area contributed by atoms with E-state index in [1.807, 2.05) is 0 Å². The van der Waals surface area contributed by atoms with Crippen LogP contribution >= 0.6 is 0 Å². The quantitative estimate of drug-likeness (QED) is 0.679. The molecular weight excluding hydrogens is 463 g/mol. The first-order chi connectivity index (χ1) is 16.4. The van der Waals surface area contributed by atoms with Crippen molar-refractivity contribution in [2.75, 3.05) is 13.2 Å². The Morgan fingerprint density at radius 3 is 2.51 bits per heavy atom. The average molecular weight is 494 g/mol. The van der Waals surface area contributed by atoms with E-state index in [2.05, 4.69) is 5.32 Å². The lowest BCUT2D eigenvalue weighted by Crippen LogP contribution is -2.63. The van der Waals surface area contributed by atoms with Crippen molar-refractivity contribution in [3.63, 3.8) is 0 Å². The third-order valence-corrected chi connectivity index (χ3v) is 6.95. The highest BCUT2D eigenvalue weighted by Gasteiger charge is 2.44. The molecule has 4 heterocycles. The summed E-state index contributed by atoms with van der Waals surface area (Å²) in [4.78, 5) is 28.0. The van der Waals surface area contributed by atoms with Crippen LogP contribution in [0.4, 0.5) is 18.0 Å². The normalized spacial score (nSPS) is 25.8. The van der Waals surface area contributed by atoms with Gasteiger partial charge in [-0.05, 0) is 51.8 Å². The lowest BCUT2D eigenvalue weighted by molar-refractivity contribution is -0.0835. The molecule has 190 valence electrons. The molecule has 2 saturated heterocycles. The first-order valence-corrected chi connectivity index (χ1v) is 12.0. The predicted molar refractivity (Wildman–Crippen MR) is 122 cm³/mol. The maximum absolute atomic E-state index is 14.3. The molecule has 1 N–H and O–H groups in total. The highest BCUT2D eigenvalue weighted by Crippen LogP contribution is 2.38. The van der Waals surface area contributed by atoms with Crippen molar-refractivity contribution in [3.05, 3.63) is 35.3 Å². The molecular formula is C25H30F3N3O4. The summed E-state index contributed by atoms with van der Waals surface area (Å²) in [5.41, 5.74) is 0.278. The van der Waals surface area contributed by atoms with Gasteiger partial charge in [0.2, 0.25) is 0 Å². The van der Waals surface area contributed by atoms with Crippen LogP contribution in [0.1, 0.15) is 56.1 Å². The molecule has 5 rings (SSSR count). The number of carbonyl (C=O) groups is 2. The summed E-state index contributed by atoms with van der Waals surface area (Å²) in [5.74, 6) is -3.95. The van der Waals surface area contributed by atoms with E-state index in [9.17, 15) is 22.8 Å². The van der Waals surface area contributed by atoms with E-state index in [1.54, 1.807) is 30.2 Å². The van der Waals surface area contributed by atoms with Gasteiger partial charge in [-0.2, -0.15) is 0 Å². The van der Waals surface area contributed by atoms with Gasteiger partial charge in [0.15, 0.2) is 0 Å². The molecule has 0 spiro atoms. The summed E-state index contributed by atoms with van der Waals surface area (Å²) in [7, 11) is 0. The Hall–Kier alpha value is -2.75. The Balaban J connectivity index is 1.40. The topological polar surface area (TPSA) is 72.8 Å². The summed E-state index contributed by atoms with van der Waals surface area (Å²) in [6, 6.07) is 3.21. The Morgan fingerprint density at radius 1 is 1.17 bits per heavy atom. The number of aryl methyl sites for hydroxylation is 1. The monoisotopic (exact) mass is 493 g/mol. The van der Waals surface area contributed by atoms with Gasteiger partial charge >= 0.3 is 6.09 Å². The predicted octanol–water partition coefficient (Wildman–Crippen LogP) is 4.26. The Morgan fingerprint density at radius 2 is 1.86 bits per heavy atom. The molecule has 3 aliphatic rings. The van der Waals surface area contributed by atoms with E-state index >= 15 is 0 Å². The molecule has 0 radical (unpaired) electrons. The fourth-order valence-electron chi connectivity index (χ4n) is 5.58. The molecule has 2 aromatic rings. The van der Waals surface area contributed by atoms with Gasteiger partial charge in [0.25, 0.3) is 11.8 Å². The Bertz CT molecular complexity index is 1160. The molecule has 2 unspecified atom stereocenters. The number of piperidine rings is 1. The molecule has 2 amide bonds. The number of ether oxygens (including phenoxy) is 2. The molecule has 2 atom stereocenters. The lowest BCUT2D eigenvalue weighted by atomic mass is 9.90. The highest BCUT2D eigenvalue weighted by atomic mass is 19.3. The summed E-state index contributed by atoms with van der Waals surface area (Å²) >= 11 is 0. The van der Waals surface area contributed by atoms with Crippen molar-refractivity contribution >= 4 is 22.9 Å². The van der Waals surface area contributed by atoms with Gasteiger partial charge in [-0.25, -0.2) is 18.0 Å². The number of aromatic nitrogens is 1. The molecule has 35 heavy (non-hydrogen) atoms. The minimum Gasteiger partial charge on any atom is -0.444 e.